The molecule has 0 aliphatic heterocycles. The van der Waals surface area contributed by atoms with Crippen LogP contribution in [0.1, 0.15) is 290 Å². The standard InChI is InChI=1S/C69H116O6/c1-4-7-10-13-16-19-22-25-27-29-31-33-34-36-37-39-41-44-47-50-53-56-59-62-68(71)74-65-66(64-73-67(70)61-58-55-52-49-46-43-24-21-18-15-12-9-6-3)75-69(72)63-60-57-54-51-48-45-42-40-38-35-32-30-28-26-23-20-17-14-11-8-5-2/h8,11-12,15,17,20-21,24,26,28-29,31-32,35,40,42,48,51,66H,4-7,9-10,13-14,16,18-19,22-23,25,27,30,33-34,36-39,41,43-47,49-50,52-65H2,1-3H3/b11-8-,15-12-,20-17-,24-21-,28-26-,31-29-,35-32-,42-40-,51-48-. The fourth-order valence-corrected chi connectivity index (χ4v) is 8.54. The van der Waals surface area contributed by atoms with Gasteiger partial charge in [0.15, 0.2) is 6.10 Å². The lowest BCUT2D eigenvalue weighted by Crippen LogP contribution is -2.30. The molecule has 0 bridgehead atoms. The molecular formula is C69H116O6. The summed E-state index contributed by atoms with van der Waals surface area (Å²) in [6.07, 6.45) is 85.2. The number of allylic oxidation sites excluding steroid dienone is 18. The minimum Gasteiger partial charge on any atom is -0.462 e. The van der Waals surface area contributed by atoms with Gasteiger partial charge in [-0.15, -0.1) is 0 Å². The third-order valence-corrected chi connectivity index (χ3v) is 13.2. The first kappa shape index (κ1) is 71.1. The summed E-state index contributed by atoms with van der Waals surface area (Å²) in [5, 5.41) is 0. The molecule has 0 aliphatic rings. The molecule has 0 aromatic heterocycles. The van der Waals surface area contributed by atoms with Gasteiger partial charge in [0, 0.05) is 19.3 Å². The molecule has 1 atom stereocenters. The lowest BCUT2D eigenvalue weighted by Gasteiger charge is -2.18. The van der Waals surface area contributed by atoms with Crippen LogP contribution in [0.5, 0.6) is 0 Å². The fourth-order valence-electron chi connectivity index (χ4n) is 8.54. The predicted molar refractivity (Wildman–Crippen MR) is 325 cm³/mol. The molecule has 75 heavy (non-hydrogen) atoms. The summed E-state index contributed by atoms with van der Waals surface area (Å²) in [6.45, 7) is 6.43. The predicted octanol–water partition coefficient (Wildman–Crippen LogP) is 21.4. The van der Waals surface area contributed by atoms with E-state index in [1.807, 2.05) is 0 Å². The number of carbonyl (C=O) groups is 3. The third kappa shape index (κ3) is 60.8. The van der Waals surface area contributed by atoms with Crippen LogP contribution in [0, 0.1) is 0 Å². The Morgan fingerprint density at radius 3 is 0.907 bits per heavy atom. The van der Waals surface area contributed by atoms with Gasteiger partial charge in [0.25, 0.3) is 0 Å². The van der Waals surface area contributed by atoms with Crippen molar-refractivity contribution >= 4 is 17.9 Å². The molecular weight excluding hydrogens is 925 g/mol. The van der Waals surface area contributed by atoms with E-state index in [0.717, 1.165) is 122 Å². The van der Waals surface area contributed by atoms with Gasteiger partial charge in [-0.25, -0.2) is 0 Å². The molecule has 0 heterocycles. The zero-order chi connectivity index (χ0) is 54.3. The normalized spacial score (nSPS) is 12.8. The second-order valence-electron chi connectivity index (χ2n) is 20.6. The van der Waals surface area contributed by atoms with Crippen LogP contribution >= 0.6 is 0 Å². The van der Waals surface area contributed by atoms with Crippen molar-refractivity contribution in [2.75, 3.05) is 13.2 Å². The molecule has 0 rings (SSSR count). The lowest BCUT2D eigenvalue weighted by atomic mass is 10.0. The maximum Gasteiger partial charge on any atom is 0.306 e. The number of rotatable bonds is 56. The smallest absolute Gasteiger partial charge is 0.306 e. The van der Waals surface area contributed by atoms with E-state index < -0.39 is 6.10 Å². The molecule has 0 amide bonds. The van der Waals surface area contributed by atoms with E-state index in [1.165, 1.54) is 122 Å². The third-order valence-electron chi connectivity index (χ3n) is 13.2. The number of unbranched alkanes of at least 4 members (excludes halogenated alkanes) is 27. The zero-order valence-electron chi connectivity index (χ0n) is 49.0. The molecule has 0 saturated heterocycles. The highest BCUT2D eigenvalue weighted by molar-refractivity contribution is 5.71. The highest BCUT2D eigenvalue weighted by Gasteiger charge is 2.19. The van der Waals surface area contributed by atoms with E-state index in [0.29, 0.717) is 19.3 Å². The van der Waals surface area contributed by atoms with Crippen LogP contribution in [0.15, 0.2) is 109 Å². The molecule has 0 aromatic carbocycles. The Hall–Kier alpha value is -3.93. The molecule has 0 saturated carbocycles. The topological polar surface area (TPSA) is 78.9 Å². The first-order chi connectivity index (χ1) is 37.0. The largest absolute Gasteiger partial charge is 0.462 e. The van der Waals surface area contributed by atoms with Gasteiger partial charge in [-0.3, -0.25) is 14.4 Å². The van der Waals surface area contributed by atoms with Gasteiger partial charge in [-0.1, -0.05) is 259 Å². The second kappa shape index (κ2) is 62.6. The zero-order valence-corrected chi connectivity index (χ0v) is 49.0. The summed E-state index contributed by atoms with van der Waals surface area (Å²) in [5.41, 5.74) is 0. The molecule has 6 nitrogen and oxygen atoms in total. The summed E-state index contributed by atoms with van der Waals surface area (Å²) in [7, 11) is 0. The van der Waals surface area contributed by atoms with Gasteiger partial charge >= 0.3 is 17.9 Å². The molecule has 0 fully saturated rings. The molecule has 0 aliphatic carbocycles. The van der Waals surface area contributed by atoms with Gasteiger partial charge in [0.1, 0.15) is 13.2 Å². The fraction of sp³-hybridized carbons (Fsp3) is 0.696. The molecule has 0 radical (unpaired) electrons. The number of hydrogen-bond acceptors (Lipinski definition) is 6. The number of esters is 3. The molecule has 0 N–H and O–H groups in total. The number of ether oxygens (including phenoxy) is 3. The quantitative estimate of drug-likeness (QED) is 0.0261. The van der Waals surface area contributed by atoms with Crippen LogP contribution in [0.2, 0.25) is 0 Å². The van der Waals surface area contributed by atoms with Gasteiger partial charge < -0.3 is 14.2 Å². The average molecular weight is 1040 g/mol. The Kier molecular flexibility index (Phi) is 59.3. The van der Waals surface area contributed by atoms with E-state index in [-0.39, 0.29) is 37.5 Å². The summed E-state index contributed by atoms with van der Waals surface area (Å²) >= 11 is 0. The van der Waals surface area contributed by atoms with Gasteiger partial charge in [0.2, 0.25) is 0 Å². The monoisotopic (exact) mass is 1040 g/mol. The highest BCUT2D eigenvalue weighted by Crippen LogP contribution is 2.15. The van der Waals surface area contributed by atoms with E-state index in [2.05, 4.69) is 130 Å². The number of carbonyl (C=O) groups excluding carboxylic acids is 3. The maximum absolute atomic E-state index is 12.9. The Bertz CT molecular complexity index is 1520. The van der Waals surface area contributed by atoms with Crippen molar-refractivity contribution in [2.24, 2.45) is 0 Å². The van der Waals surface area contributed by atoms with Gasteiger partial charge in [-0.05, 0) is 122 Å². The Morgan fingerprint density at radius 1 is 0.280 bits per heavy atom. The maximum atomic E-state index is 12.9. The van der Waals surface area contributed by atoms with Crippen molar-refractivity contribution in [3.05, 3.63) is 109 Å². The average Bonchev–Trinajstić information content (AvgIpc) is 3.41. The first-order valence-electron chi connectivity index (χ1n) is 31.4. The minimum atomic E-state index is -0.810. The van der Waals surface area contributed by atoms with Crippen molar-refractivity contribution in [3.63, 3.8) is 0 Å². The SMILES string of the molecule is CC/C=C\C/C=C\C/C=C\C/C=C\C/C=C\C/C=C\CCCCC(=O)OC(COC(=O)CCCCCCC/C=C\C/C=C\CCC)COC(=O)CCCCCCCCCCCCC/C=C\CCCCCCCCCC. The van der Waals surface area contributed by atoms with Crippen molar-refractivity contribution in [3.8, 4) is 0 Å². The second-order valence-corrected chi connectivity index (χ2v) is 20.6. The lowest BCUT2D eigenvalue weighted by molar-refractivity contribution is -0.167. The van der Waals surface area contributed by atoms with Crippen LogP contribution in [0.3, 0.4) is 0 Å². The van der Waals surface area contributed by atoms with E-state index >= 15 is 0 Å². The summed E-state index contributed by atoms with van der Waals surface area (Å²) < 4.78 is 16.9. The van der Waals surface area contributed by atoms with Gasteiger partial charge in [0.05, 0.1) is 0 Å². The van der Waals surface area contributed by atoms with Gasteiger partial charge in [-0.2, -0.15) is 0 Å². The van der Waals surface area contributed by atoms with E-state index in [1.54, 1.807) is 0 Å². The number of hydrogen-bond donors (Lipinski definition) is 0. The summed E-state index contributed by atoms with van der Waals surface area (Å²) in [6, 6.07) is 0. The van der Waals surface area contributed by atoms with Crippen LogP contribution in [-0.4, -0.2) is 37.2 Å². The highest BCUT2D eigenvalue weighted by atomic mass is 16.6. The minimum absolute atomic E-state index is 0.101. The first-order valence-corrected chi connectivity index (χ1v) is 31.4. The Morgan fingerprint density at radius 2 is 0.547 bits per heavy atom. The Labute approximate surface area is 463 Å². The summed E-state index contributed by atoms with van der Waals surface area (Å²) in [5.74, 6) is -0.956. The molecule has 428 valence electrons. The van der Waals surface area contributed by atoms with Crippen molar-refractivity contribution in [1.82, 2.24) is 0 Å². The molecule has 0 aromatic rings. The molecule has 1 unspecified atom stereocenters. The van der Waals surface area contributed by atoms with Crippen molar-refractivity contribution < 1.29 is 28.6 Å². The van der Waals surface area contributed by atoms with E-state index in [9.17, 15) is 14.4 Å². The molecule has 0 spiro atoms. The Balaban J connectivity index is 4.41. The van der Waals surface area contributed by atoms with E-state index in [4.69, 9.17) is 14.2 Å². The summed E-state index contributed by atoms with van der Waals surface area (Å²) in [4.78, 5) is 38.3. The van der Waals surface area contributed by atoms with Crippen molar-refractivity contribution in [2.45, 2.75) is 297 Å². The van der Waals surface area contributed by atoms with Crippen LogP contribution in [-0.2, 0) is 28.6 Å². The van der Waals surface area contributed by atoms with Crippen LogP contribution in [0.4, 0.5) is 0 Å². The van der Waals surface area contributed by atoms with Crippen molar-refractivity contribution in [1.29, 1.82) is 0 Å². The molecule has 6 heteroatoms. The van der Waals surface area contributed by atoms with Crippen LogP contribution in [0.25, 0.3) is 0 Å². The van der Waals surface area contributed by atoms with Crippen LogP contribution < -0.4 is 0 Å².